The highest BCUT2D eigenvalue weighted by molar-refractivity contribution is 6.53. The van der Waals surface area contributed by atoms with Crippen LogP contribution in [0.4, 0.5) is 11.4 Å². The minimum atomic E-state index is -0.699. The molecule has 3 aromatic rings. The third-order valence-electron chi connectivity index (χ3n) is 5.46. The predicted octanol–water partition coefficient (Wildman–Crippen LogP) is 5.30. The first-order valence-corrected chi connectivity index (χ1v) is 12.0. The van der Waals surface area contributed by atoms with Gasteiger partial charge in [0.05, 0.1) is 23.4 Å². The van der Waals surface area contributed by atoms with Crippen molar-refractivity contribution >= 4 is 46.7 Å². The molecule has 0 spiro atoms. The van der Waals surface area contributed by atoms with E-state index in [9.17, 15) is 19.2 Å². The van der Waals surface area contributed by atoms with E-state index in [-0.39, 0.29) is 16.4 Å². The number of nitrogens with one attached hydrogen (secondary N) is 1. The molecule has 0 bridgehead atoms. The summed E-state index contributed by atoms with van der Waals surface area (Å²) < 4.78 is 10.5. The zero-order valence-corrected chi connectivity index (χ0v) is 20.7. The maximum absolute atomic E-state index is 13.0. The summed E-state index contributed by atoms with van der Waals surface area (Å²) in [5.41, 5.74) is 1.21. The van der Waals surface area contributed by atoms with Gasteiger partial charge in [0.15, 0.2) is 0 Å². The van der Waals surface area contributed by atoms with E-state index in [1.54, 1.807) is 36.4 Å². The van der Waals surface area contributed by atoms with Gasteiger partial charge >= 0.3 is 11.9 Å². The Hall–Kier alpha value is -4.43. The molecule has 4 rings (SSSR count). The molecule has 0 saturated carbocycles. The number of benzene rings is 3. The summed E-state index contributed by atoms with van der Waals surface area (Å²) in [5, 5.41) is 2.58. The monoisotopic (exact) mass is 518 g/mol. The average molecular weight is 519 g/mol. The summed E-state index contributed by atoms with van der Waals surface area (Å²) in [7, 11) is 0. The minimum Gasteiger partial charge on any atom is -0.462 e. The molecule has 8 nitrogen and oxygen atoms in total. The van der Waals surface area contributed by atoms with Gasteiger partial charge in [-0.2, -0.15) is 0 Å². The van der Waals surface area contributed by atoms with E-state index in [4.69, 9.17) is 21.1 Å². The number of hydrogen-bond donors (Lipinski definition) is 1. The fraction of sp³-hybridized carbons (Fsp3) is 0.143. The number of amides is 2. The van der Waals surface area contributed by atoms with Gasteiger partial charge in [-0.25, -0.2) is 14.5 Å². The van der Waals surface area contributed by atoms with Crippen LogP contribution in [0.2, 0.25) is 0 Å². The summed E-state index contributed by atoms with van der Waals surface area (Å²) in [6, 6.07) is 20.8. The van der Waals surface area contributed by atoms with E-state index in [1.807, 2.05) is 13.0 Å². The van der Waals surface area contributed by atoms with Gasteiger partial charge in [-0.15, -0.1) is 0 Å². The number of nitrogens with zero attached hydrogens (tertiary/aromatic N) is 1. The maximum Gasteiger partial charge on any atom is 0.343 e. The van der Waals surface area contributed by atoms with Crippen molar-refractivity contribution in [1.82, 2.24) is 0 Å². The summed E-state index contributed by atoms with van der Waals surface area (Å²) in [4.78, 5) is 51.2. The highest BCUT2D eigenvalue weighted by Crippen LogP contribution is 2.30. The Bertz CT molecular complexity index is 1350. The molecular formula is C28H23ClN2O6. The van der Waals surface area contributed by atoms with E-state index in [0.29, 0.717) is 29.2 Å². The smallest absolute Gasteiger partial charge is 0.343 e. The van der Waals surface area contributed by atoms with Gasteiger partial charge in [-0.05, 0) is 67.1 Å². The van der Waals surface area contributed by atoms with Crippen LogP contribution < -0.4 is 15.0 Å². The zero-order valence-electron chi connectivity index (χ0n) is 19.9. The second kappa shape index (κ2) is 11.5. The lowest BCUT2D eigenvalue weighted by molar-refractivity contribution is -0.120. The molecule has 188 valence electrons. The number of unbranched alkanes of at least 4 members (excludes halogenated alkanes) is 1. The zero-order chi connectivity index (χ0) is 26.4. The van der Waals surface area contributed by atoms with Crippen molar-refractivity contribution in [2.45, 2.75) is 19.8 Å². The van der Waals surface area contributed by atoms with Crippen LogP contribution in [0.1, 0.15) is 40.5 Å². The molecule has 0 unspecified atom stereocenters. The molecule has 37 heavy (non-hydrogen) atoms. The SMILES string of the molecule is CCCCOC(=O)c1ccc(N2C(=O)C(Cl)=C(Nc3ccc(C(=O)Oc4ccccc4)cc3)C2=O)cc1. The Labute approximate surface area is 218 Å². The lowest BCUT2D eigenvalue weighted by Gasteiger charge is -2.15. The summed E-state index contributed by atoms with van der Waals surface area (Å²) in [6.45, 7) is 2.32. The number of para-hydroxylation sites is 1. The number of ether oxygens (including phenoxy) is 2. The Kier molecular flexibility index (Phi) is 8.00. The van der Waals surface area contributed by atoms with Crippen molar-refractivity contribution in [1.29, 1.82) is 0 Å². The first-order chi connectivity index (χ1) is 17.9. The number of rotatable bonds is 9. The van der Waals surface area contributed by atoms with E-state index in [2.05, 4.69) is 5.32 Å². The van der Waals surface area contributed by atoms with Crippen molar-refractivity contribution in [3.05, 3.63) is 101 Å². The van der Waals surface area contributed by atoms with E-state index in [0.717, 1.165) is 17.7 Å². The van der Waals surface area contributed by atoms with Crippen molar-refractivity contribution < 1.29 is 28.7 Å². The second-order valence-corrected chi connectivity index (χ2v) is 8.45. The Morgan fingerprint density at radius 1 is 0.838 bits per heavy atom. The maximum atomic E-state index is 13.0. The lowest BCUT2D eigenvalue weighted by atomic mass is 10.2. The molecule has 3 aromatic carbocycles. The minimum absolute atomic E-state index is 0.102. The summed E-state index contributed by atoms with van der Waals surface area (Å²) in [5.74, 6) is -1.95. The number of carbonyl (C=O) groups excluding carboxylic acids is 4. The van der Waals surface area contributed by atoms with Gasteiger partial charge in [-0.1, -0.05) is 43.1 Å². The molecule has 0 fully saturated rings. The second-order valence-electron chi connectivity index (χ2n) is 8.08. The van der Waals surface area contributed by atoms with Crippen molar-refractivity contribution in [2.24, 2.45) is 0 Å². The Morgan fingerprint density at radius 2 is 1.46 bits per heavy atom. The first kappa shape index (κ1) is 25.7. The fourth-order valence-corrected chi connectivity index (χ4v) is 3.69. The standard InChI is InChI=1S/C28H23ClN2O6/c1-2-3-17-36-27(34)18-11-15-21(16-12-18)31-25(32)23(29)24(26(31)33)30-20-13-9-19(10-14-20)28(35)37-22-7-5-4-6-8-22/h4-16,30H,2-3,17H2,1H3. The summed E-state index contributed by atoms with van der Waals surface area (Å²) in [6.07, 6.45) is 1.67. The van der Waals surface area contributed by atoms with Crippen LogP contribution in [0, 0.1) is 0 Å². The Balaban J connectivity index is 1.42. The number of imide groups is 1. The molecule has 1 heterocycles. The van der Waals surface area contributed by atoms with Gasteiger partial charge in [-0.3, -0.25) is 9.59 Å². The van der Waals surface area contributed by atoms with Crippen LogP contribution in [-0.2, 0) is 14.3 Å². The molecule has 9 heteroatoms. The first-order valence-electron chi connectivity index (χ1n) is 11.6. The molecule has 0 atom stereocenters. The fourth-order valence-electron chi connectivity index (χ4n) is 3.47. The number of carbonyl (C=O) groups is 4. The Morgan fingerprint density at radius 3 is 2.11 bits per heavy atom. The van der Waals surface area contributed by atoms with Crippen LogP contribution in [0.25, 0.3) is 0 Å². The molecule has 1 N–H and O–H groups in total. The van der Waals surface area contributed by atoms with E-state index >= 15 is 0 Å². The van der Waals surface area contributed by atoms with Gasteiger partial charge in [0, 0.05) is 5.69 Å². The van der Waals surface area contributed by atoms with Crippen LogP contribution in [0.5, 0.6) is 5.75 Å². The van der Waals surface area contributed by atoms with Gasteiger partial charge in [0.2, 0.25) is 0 Å². The normalized spacial score (nSPS) is 13.1. The summed E-state index contributed by atoms with van der Waals surface area (Å²) >= 11 is 6.20. The molecule has 0 saturated heterocycles. The number of anilines is 2. The topological polar surface area (TPSA) is 102 Å². The quantitative estimate of drug-likeness (QED) is 0.177. The average Bonchev–Trinajstić information content (AvgIpc) is 3.12. The lowest BCUT2D eigenvalue weighted by Crippen LogP contribution is -2.32. The predicted molar refractivity (Wildman–Crippen MR) is 138 cm³/mol. The van der Waals surface area contributed by atoms with Crippen LogP contribution in [0.3, 0.4) is 0 Å². The van der Waals surface area contributed by atoms with Crippen molar-refractivity contribution in [3.8, 4) is 5.75 Å². The molecule has 0 radical (unpaired) electrons. The van der Waals surface area contributed by atoms with Crippen molar-refractivity contribution in [2.75, 3.05) is 16.8 Å². The molecule has 1 aliphatic heterocycles. The van der Waals surface area contributed by atoms with Gasteiger partial charge in [0.1, 0.15) is 16.5 Å². The number of esters is 2. The number of hydrogen-bond acceptors (Lipinski definition) is 7. The van der Waals surface area contributed by atoms with Crippen LogP contribution in [-0.4, -0.2) is 30.4 Å². The molecule has 0 aromatic heterocycles. The number of halogens is 1. The van der Waals surface area contributed by atoms with E-state index < -0.39 is 23.8 Å². The highest BCUT2D eigenvalue weighted by Gasteiger charge is 2.39. The third-order valence-corrected chi connectivity index (χ3v) is 5.81. The highest BCUT2D eigenvalue weighted by atomic mass is 35.5. The van der Waals surface area contributed by atoms with Crippen LogP contribution in [0.15, 0.2) is 89.6 Å². The van der Waals surface area contributed by atoms with Crippen LogP contribution >= 0.6 is 11.6 Å². The third kappa shape index (κ3) is 5.87. The molecular weight excluding hydrogens is 496 g/mol. The molecule has 2 amide bonds. The van der Waals surface area contributed by atoms with Gasteiger partial charge < -0.3 is 14.8 Å². The molecule has 1 aliphatic rings. The molecule has 0 aliphatic carbocycles. The van der Waals surface area contributed by atoms with Crippen molar-refractivity contribution in [3.63, 3.8) is 0 Å². The van der Waals surface area contributed by atoms with Gasteiger partial charge in [0.25, 0.3) is 11.8 Å². The largest absolute Gasteiger partial charge is 0.462 e. The van der Waals surface area contributed by atoms with E-state index in [1.165, 1.54) is 36.4 Å².